The van der Waals surface area contributed by atoms with Crippen molar-refractivity contribution in [1.29, 1.82) is 0 Å². The van der Waals surface area contributed by atoms with Gasteiger partial charge in [-0.05, 0) is 36.8 Å². The highest BCUT2D eigenvalue weighted by molar-refractivity contribution is 7.89. The number of benzene rings is 1. The number of hydrogen-bond donors (Lipinski definition) is 0. The van der Waals surface area contributed by atoms with Gasteiger partial charge in [-0.1, -0.05) is 17.7 Å². The highest BCUT2D eigenvalue weighted by Crippen LogP contribution is 2.27. The summed E-state index contributed by atoms with van der Waals surface area (Å²) < 4.78 is 29.5. The molecule has 0 unspecified atom stereocenters. The molecule has 1 fully saturated rings. The lowest BCUT2D eigenvalue weighted by molar-refractivity contribution is 0.383. The van der Waals surface area contributed by atoms with Gasteiger partial charge in [-0.15, -0.1) is 0 Å². The third-order valence-corrected chi connectivity index (χ3v) is 7.36. The van der Waals surface area contributed by atoms with Gasteiger partial charge < -0.3 is 9.47 Å². The Morgan fingerprint density at radius 3 is 2.36 bits per heavy atom. The van der Waals surface area contributed by atoms with Crippen LogP contribution in [-0.2, 0) is 10.0 Å². The van der Waals surface area contributed by atoms with Crippen LogP contribution in [0.1, 0.15) is 5.56 Å². The van der Waals surface area contributed by atoms with Gasteiger partial charge in [0.1, 0.15) is 18.0 Å². The van der Waals surface area contributed by atoms with E-state index in [2.05, 4.69) is 14.9 Å². The van der Waals surface area contributed by atoms with Gasteiger partial charge >= 0.3 is 0 Å². The average molecular weight is 418 g/mol. The Morgan fingerprint density at radius 2 is 1.64 bits per heavy atom. The molecule has 4 rings (SSSR count). The number of nitrogens with zero attached hydrogens (tertiary/aromatic N) is 5. The van der Waals surface area contributed by atoms with Gasteiger partial charge in [0.2, 0.25) is 10.0 Å². The van der Waals surface area contributed by atoms with Crippen LogP contribution in [0.15, 0.2) is 60.0 Å². The first kappa shape index (κ1) is 18.9. The maximum absolute atomic E-state index is 13.0. The van der Waals surface area contributed by atoms with Crippen molar-refractivity contribution in [2.75, 3.05) is 31.1 Å². The first-order valence-corrected chi connectivity index (χ1v) is 10.7. The lowest BCUT2D eigenvalue weighted by Gasteiger charge is -2.35. The largest absolute Gasteiger partial charge is 0.354 e. The van der Waals surface area contributed by atoms with E-state index in [1.807, 2.05) is 35.2 Å². The van der Waals surface area contributed by atoms with Crippen LogP contribution < -0.4 is 4.90 Å². The fraction of sp³-hybridized carbons (Fsp3) is 0.263. The molecular weight excluding hydrogens is 398 g/mol. The molecule has 0 spiro atoms. The Bertz CT molecular complexity index is 1080. The lowest BCUT2D eigenvalue weighted by Crippen LogP contribution is -2.49. The number of sulfonamides is 1. The zero-order chi connectivity index (χ0) is 19.7. The van der Waals surface area contributed by atoms with E-state index in [4.69, 9.17) is 11.6 Å². The Balaban J connectivity index is 1.51. The summed E-state index contributed by atoms with van der Waals surface area (Å²) in [5.74, 6) is 1.56. The molecule has 0 amide bonds. The lowest BCUT2D eigenvalue weighted by atomic mass is 10.2. The summed E-state index contributed by atoms with van der Waals surface area (Å²) in [6.45, 7) is 3.62. The molecule has 0 aliphatic carbocycles. The molecule has 1 aliphatic heterocycles. The van der Waals surface area contributed by atoms with E-state index in [1.165, 1.54) is 10.6 Å². The zero-order valence-corrected chi connectivity index (χ0v) is 16.9. The summed E-state index contributed by atoms with van der Waals surface area (Å²) in [7, 11) is -3.58. The summed E-state index contributed by atoms with van der Waals surface area (Å²) in [6.07, 6.45) is 5.37. The summed E-state index contributed by atoms with van der Waals surface area (Å²) in [4.78, 5) is 11.0. The van der Waals surface area contributed by atoms with Crippen molar-refractivity contribution in [1.82, 2.24) is 18.8 Å². The maximum atomic E-state index is 13.0. The van der Waals surface area contributed by atoms with Gasteiger partial charge in [0.25, 0.3) is 0 Å². The summed E-state index contributed by atoms with van der Waals surface area (Å²) in [6, 6.07) is 10.8. The number of hydrogen-bond acceptors (Lipinski definition) is 5. The number of piperazine rings is 1. The third-order valence-electron chi connectivity index (χ3n) is 4.91. The Kier molecular flexibility index (Phi) is 5.09. The number of halogens is 1. The highest BCUT2D eigenvalue weighted by atomic mass is 35.5. The summed E-state index contributed by atoms with van der Waals surface area (Å²) in [5.41, 5.74) is 0.582. The first-order chi connectivity index (χ1) is 13.5. The minimum absolute atomic E-state index is 0.269. The molecule has 28 heavy (non-hydrogen) atoms. The topological polar surface area (TPSA) is 71.3 Å². The van der Waals surface area contributed by atoms with Crippen LogP contribution in [0.3, 0.4) is 0 Å². The van der Waals surface area contributed by atoms with Gasteiger partial charge in [-0.25, -0.2) is 18.4 Å². The fourth-order valence-corrected chi connectivity index (χ4v) is 5.20. The quantitative estimate of drug-likeness (QED) is 0.652. The Morgan fingerprint density at radius 1 is 0.964 bits per heavy atom. The average Bonchev–Trinajstić information content (AvgIpc) is 3.25. The van der Waals surface area contributed by atoms with Gasteiger partial charge in [0.05, 0.1) is 4.90 Å². The van der Waals surface area contributed by atoms with Crippen molar-refractivity contribution >= 4 is 27.4 Å². The second-order valence-electron chi connectivity index (χ2n) is 6.58. The second kappa shape index (κ2) is 7.54. The highest BCUT2D eigenvalue weighted by Gasteiger charge is 2.30. The standard InChI is InChI=1S/C19H20ClN5O2S/c1-15-16(20)5-4-6-17(15)28(26,27)25-11-9-24(10-12-25)19-13-18(21-14-22-19)23-7-2-3-8-23/h2-8,13-14H,9-12H2,1H3. The van der Waals surface area contributed by atoms with E-state index in [-0.39, 0.29) is 4.90 Å². The van der Waals surface area contributed by atoms with Crippen molar-refractivity contribution < 1.29 is 8.42 Å². The molecule has 3 aromatic rings. The van der Waals surface area contributed by atoms with E-state index in [0.717, 1.165) is 11.6 Å². The van der Waals surface area contributed by atoms with Crippen molar-refractivity contribution in [3.63, 3.8) is 0 Å². The molecule has 0 saturated carbocycles. The molecule has 146 valence electrons. The monoisotopic (exact) mass is 417 g/mol. The van der Waals surface area contributed by atoms with Gasteiger partial charge in [-0.3, -0.25) is 0 Å². The molecule has 0 N–H and O–H groups in total. The van der Waals surface area contributed by atoms with Gasteiger partial charge in [-0.2, -0.15) is 4.31 Å². The molecule has 0 radical (unpaired) electrons. The van der Waals surface area contributed by atoms with E-state index in [1.54, 1.807) is 25.1 Å². The molecule has 3 heterocycles. The molecular formula is C19H20ClN5O2S. The van der Waals surface area contributed by atoms with Crippen LogP contribution >= 0.6 is 11.6 Å². The molecule has 9 heteroatoms. The Labute approximate surface area is 169 Å². The first-order valence-electron chi connectivity index (χ1n) is 8.92. The van der Waals surface area contributed by atoms with Crippen LogP contribution in [0.25, 0.3) is 5.82 Å². The van der Waals surface area contributed by atoms with E-state index in [9.17, 15) is 8.42 Å². The molecule has 0 atom stereocenters. The zero-order valence-electron chi connectivity index (χ0n) is 15.4. The number of aromatic nitrogens is 3. The molecule has 0 bridgehead atoms. The molecule has 1 aromatic carbocycles. The predicted octanol–water partition coefficient (Wildman–Crippen LogP) is 2.74. The molecule has 7 nitrogen and oxygen atoms in total. The molecule has 2 aromatic heterocycles. The minimum Gasteiger partial charge on any atom is -0.354 e. The number of anilines is 1. The van der Waals surface area contributed by atoms with Crippen molar-refractivity contribution in [2.24, 2.45) is 0 Å². The van der Waals surface area contributed by atoms with Crippen LogP contribution in [0.5, 0.6) is 0 Å². The van der Waals surface area contributed by atoms with Crippen LogP contribution in [0, 0.1) is 6.92 Å². The smallest absolute Gasteiger partial charge is 0.243 e. The third kappa shape index (κ3) is 3.50. The van der Waals surface area contributed by atoms with Gasteiger partial charge in [0, 0.05) is 49.7 Å². The van der Waals surface area contributed by atoms with E-state index in [0.29, 0.717) is 36.8 Å². The Hall–Kier alpha value is -2.42. The summed E-state index contributed by atoms with van der Waals surface area (Å²) in [5, 5.41) is 0.457. The van der Waals surface area contributed by atoms with E-state index < -0.39 is 10.0 Å². The normalized spacial score (nSPS) is 15.7. The number of rotatable bonds is 4. The molecule has 1 aliphatic rings. The van der Waals surface area contributed by atoms with Crippen molar-refractivity contribution in [3.05, 3.63) is 65.7 Å². The van der Waals surface area contributed by atoms with Crippen LogP contribution in [0.2, 0.25) is 5.02 Å². The minimum atomic E-state index is -3.58. The van der Waals surface area contributed by atoms with Gasteiger partial charge in [0.15, 0.2) is 0 Å². The van der Waals surface area contributed by atoms with Crippen molar-refractivity contribution in [2.45, 2.75) is 11.8 Å². The summed E-state index contributed by atoms with van der Waals surface area (Å²) >= 11 is 6.11. The fourth-order valence-electron chi connectivity index (χ4n) is 3.30. The maximum Gasteiger partial charge on any atom is 0.243 e. The van der Waals surface area contributed by atoms with Crippen molar-refractivity contribution in [3.8, 4) is 5.82 Å². The molecule has 1 saturated heterocycles. The SMILES string of the molecule is Cc1c(Cl)cccc1S(=O)(=O)N1CCN(c2cc(-n3cccc3)ncn2)CC1. The predicted molar refractivity (Wildman–Crippen MR) is 109 cm³/mol. The second-order valence-corrected chi connectivity index (χ2v) is 8.89. The van der Waals surface area contributed by atoms with Crippen LogP contribution in [0.4, 0.5) is 5.82 Å². The van der Waals surface area contributed by atoms with Crippen LogP contribution in [-0.4, -0.2) is 53.4 Å². The van der Waals surface area contributed by atoms with E-state index >= 15 is 0 Å².